The molecule has 0 saturated carbocycles. The number of aliphatic hydroxyl groups is 2. The third kappa shape index (κ3) is 43.7. The maximum absolute atomic E-state index is 13.2. The van der Waals surface area contributed by atoms with Crippen LogP contribution in [-0.4, -0.2) is 46.9 Å². The topological polar surface area (TPSA) is 95.9 Å². The average molecular weight is 852 g/mol. The van der Waals surface area contributed by atoms with Crippen molar-refractivity contribution in [3.8, 4) is 0 Å². The number of hydrogen-bond acceptors (Lipinski definition) is 5. The van der Waals surface area contributed by atoms with Gasteiger partial charge in [-0.05, 0) is 77.0 Å². The molecule has 0 aromatic heterocycles. The van der Waals surface area contributed by atoms with Crippen molar-refractivity contribution in [2.24, 2.45) is 0 Å². The Labute approximate surface area is 377 Å². The van der Waals surface area contributed by atoms with Gasteiger partial charge >= 0.3 is 5.97 Å². The van der Waals surface area contributed by atoms with Crippen LogP contribution in [0.4, 0.5) is 0 Å². The molecule has 0 radical (unpaired) electrons. The Hall–Kier alpha value is -2.70. The van der Waals surface area contributed by atoms with Crippen LogP contribution in [0.1, 0.15) is 239 Å². The highest BCUT2D eigenvalue weighted by Gasteiger charge is 2.24. The fraction of sp³-hybridized carbons (Fsp3) is 0.745. The molecule has 0 bridgehead atoms. The first-order valence-electron chi connectivity index (χ1n) is 25.7. The quantitative estimate of drug-likeness (QED) is 0.0245. The zero-order chi connectivity index (χ0) is 44.5. The Morgan fingerprint density at radius 3 is 1.51 bits per heavy atom. The second kappa shape index (κ2) is 48.3. The van der Waals surface area contributed by atoms with Crippen LogP contribution in [0.15, 0.2) is 72.9 Å². The summed E-state index contributed by atoms with van der Waals surface area (Å²) in [6.07, 6.45) is 61.0. The van der Waals surface area contributed by atoms with E-state index in [4.69, 9.17) is 4.74 Å². The Morgan fingerprint density at radius 1 is 0.508 bits per heavy atom. The van der Waals surface area contributed by atoms with Crippen LogP contribution < -0.4 is 5.32 Å². The standard InChI is InChI=1S/C55H97NO5/c1-4-7-10-13-16-19-22-25-26-27-28-30-31-34-37-40-43-46-51(61-55(60)48-45-42-39-36-33-29-23-20-17-14-11-8-5-2)49-54(59)56-52(50-57)53(58)47-44-41-38-35-32-24-21-18-15-12-9-6-3/h8,11,14,16-17,19-20,23,25-26,29,33,51-53,57-58H,4-7,9-10,12-13,15,18,21-22,24,27-28,30-32,34-50H2,1-3H3,(H,56,59)/b11-8+,17-14+,19-16-,23-20-,26-25-,33-29-. The molecular weight excluding hydrogens is 755 g/mol. The second-order valence-electron chi connectivity index (χ2n) is 17.3. The number of esters is 1. The van der Waals surface area contributed by atoms with Crippen LogP contribution in [0.5, 0.6) is 0 Å². The number of carbonyl (C=O) groups is 2. The summed E-state index contributed by atoms with van der Waals surface area (Å²) in [7, 11) is 0. The molecule has 3 unspecified atom stereocenters. The Balaban J connectivity index is 4.67. The minimum absolute atomic E-state index is 0.0537. The second-order valence-corrected chi connectivity index (χ2v) is 17.3. The highest BCUT2D eigenvalue weighted by atomic mass is 16.5. The molecule has 352 valence electrons. The lowest BCUT2D eigenvalue weighted by Gasteiger charge is -2.24. The van der Waals surface area contributed by atoms with Crippen LogP contribution in [0.3, 0.4) is 0 Å². The Morgan fingerprint density at radius 2 is 0.951 bits per heavy atom. The van der Waals surface area contributed by atoms with Crippen molar-refractivity contribution in [3.05, 3.63) is 72.9 Å². The minimum Gasteiger partial charge on any atom is -0.462 e. The van der Waals surface area contributed by atoms with Crippen LogP contribution in [0.25, 0.3) is 0 Å². The van der Waals surface area contributed by atoms with Gasteiger partial charge in [-0.15, -0.1) is 0 Å². The molecule has 0 aromatic rings. The lowest BCUT2D eigenvalue weighted by atomic mass is 10.0. The van der Waals surface area contributed by atoms with Gasteiger partial charge in [0.05, 0.1) is 25.2 Å². The normalized spacial score (nSPS) is 13.9. The van der Waals surface area contributed by atoms with Gasteiger partial charge in [0.2, 0.25) is 5.91 Å². The summed E-state index contributed by atoms with van der Waals surface area (Å²) in [5.41, 5.74) is 0. The number of rotatable bonds is 45. The number of aliphatic hydroxyl groups excluding tert-OH is 2. The van der Waals surface area contributed by atoms with Crippen molar-refractivity contribution in [2.45, 2.75) is 257 Å². The van der Waals surface area contributed by atoms with Crippen molar-refractivity contribution in [3.63, 3.8) is 0 Å². The molecule has 0 rings (SSSR count). The van der Waals surface area contributed by atoms with Crippen LogP contribution >= 0.6 is 0 Å². The Bertz CT molecular complexity index is 1140. The predicted octanol–water partition coefficient (Wildman–Crippen LogP) is 15.4. The number of carbonyl (C=O) groups excluding carboxylic acids is 2. The van der Waals surface area contributed by atoms with E-state index in [0.29, 0.717) is 19.3 Å². The molecule has 0 saturated heterocycles. The molecule has 0 spiro atoms. The molecule has 0 fully saturated rings. The van der Waals surface area contributed by atoms with E-state index in [1.807, 2.05) is 24.3 Å². The van der Waals surface area contributed by atoms with E-state index < -0.39 is 18.2 Å². The number of nitrogens with one attached hydrogen (secondary N) is 1. The molecular formula is C55H97NO5. The first kappa shape index (κ1) is 58.3. The van der Waals surface area contributed by atoms with Crippen molar-refractivity contribution in [2.75, 3.05) is 6.61 Å². The number of unbranched alkanes of at least 4 members (excludes halogenated alkanes) is 24. The van der Waals surface area contributed by atoms with E-state index in [1.165, 1.54) is 109 Å². The highest BCUT2D eigenvalue weighted by molar-refractivity contribution is 5.77. The molecule has 0 aliphatic carbocycles. The lowest BCUT2D eigenvalue weighted by molar-refractivity contribution is -0.151. The lowest BCUT2D eigenvalue weighted by Crippen LogP contribution is -2.46. The van der Waals surface area contributed by atoms with E-state index in [0.717, 1.165) is 83.5 Å². The smallest absolute Gasteiger partial charge is 0.306 e. The Kier molecular flexibility index (Phi) is 46.2. The highest BCUT2D eigenvalue weighted by Crippen LogP contribution is 2.17. The summed E-state index contributed by atoms with van der Waals surface area (Å²) in [6.45, 7) is 6.30. The summed E-state index contributed by atoms with van der Waals surface area (Å²) < 4.78 is 5.91. The van der Waals surface area contributed by atoms with E-state index in [9.17, 15) is 19.8 Å². The van der Waals surface area contributed by atoms with E-state index >= 15 is 0 Å². The zero-order valence-electron chi connectivity index (χ0n) is 40.0. The maximum Gasteiger partial charge on any atom is 0.306 e. The minimum atomic E-state index is -0.799. The third-order valence-electron chi connectivity index (χ3n) is 11.4. The number of hydrogen-bond donors (Lipinski definition) is 3. The molecule has 0 aliphatic heterocycles. The summed E-state index contributed by atoms with van der Waals surface area (Å²) in [6, 6.07) is -0.715. The van der Waals surface area contributed by atoms with Crippen molar-refractivity contribution >= 4 is 11.9 Å². The van der Waals surface area contributed by atoms with E-state index in [1.54, 1.807) is 0 Å². The molecule has 3 N–H and O–H groups in total. The first-order chi connectivity index (χ1) is 30.0. The summed E-state index contributed by atoms with van der Waals surface area (Å²) >= 11 is 0. The monoisotopic (exact) mass is 852 g/mol. The van der Waals surface area contributed by atoms with Gasteiger partial charge in [0, 0.05) is 6.42 Å². The van der Waals surface area contributed by atoms with Gasteiger partial charge < -0.3 is 20.3 Å². The molecule has 1 amide bonds. The summed E-state index contributed by atoms with van der Waals surface area (Å²) in [4.78, 5) is 26.1. The largest absolute Gasteiger partial charge is 0.462 e. The van der Waals surface area contributed by atoms with Crippen LogP contribution in [0, 0.1) is 0 Å². The summed E-state index contributed by atoms with van der Waals surface area (Å²) in [5.74, 6) is -0.528. The number of ether oxygens (including phenoxy) is 1. The van der Waals surface area contributed by atoms with Gasteiger partial charge in [-0.25, -0.2) is 0 Å². The van der Waals surface area contributed by atoms with Gasteiger partial charge in [0.25, 0.3) is 0 Å². The first-order valence-corrected chi connectivity index (χ1v) is 25.7. The molecule has 6 nitrogen and oxygen atoms in total. The fourth-order valence-corrected chi connectivity index (χ4v) is 7.47. The third-order valence-corrected chi connectivity index (χ3v) is 11.4. The van der Waals surface area contributed by atoms with Crippen LogP contribution in [-0.2, 0) is 14.3 Å². The molecule has 0 aromatic carbocycles. The van der Waals surface area contributed by atoms with Gasteiger partial charge in [-0.3, -0.25) is 9.59 Å². The van der Waals surface area contributed by atoms with E-state index in [-0.39, 0.29) is 24.9 Å². The summed E-state index contributed by atoms with van der Waals surface area (Å²) in [5, 5.41) is 23.7. The van der Waals surface area contributed by atoms with Gasteiger partial charge in [0.1, 0.15) is 6.10 Å². The predicted molar refractivity (Wildman–Crippen MR) is 264 cm³/mol. The average Bonchev–Trinajstić information content (AvgIpc) is 3.25. The molecule has 6 heteroatoms. The fourth-order valence-electron chi connectivity index (χ4n) is 7.47. The maximum atomic E-state index is 13.2. The van der Waals surface area contributed by atoms with Gasteiger partial charge in [-0.2, -0.15) is 0 Å². The number of allylic oxidation sites excluding steroid dienone is 12. The van der Waals surface area contributed by atoms with Crippen molar-refractivity contribution in [1.29, 1.82) is 0 Å². The molecule has 0 heterocycles. The van der Waals surface area contributed by atoms with E-state index in [2.05, 4.69) is 74.7 Å². The number of amides is 1. The van der Waals surface area contributed by atoms with Gasteiger partial charge in [-0.1, -0.05) is 222 Å². The molecule has 0 aliphatic rings. The van der Waals surface area contributed by atoms with Gasteiger partial charge in [0.15, 0.2) is 0 Å². The van der Waals surface area contributed by atoms with Crippen LogP contribution in [0.2, 0.25) is 0 Å². The molecule has 61 heavy (non-hydrogen) atoms. The van der Waals surface area contributed by atoms with Crippen molar-refractivity contribution < 1.29 is 24.5 Å². The molecule has 3 atom stereocenters. The zero-order valence-corrected chi connectivity index (χ0v) is 40.0. The SMILES string of the molecule is CC/C=C/C=C/C=C\C=C/CCCCCC(=O)OC(CCCCCCCCC/C=C\C/C=C\CCCCC)CC(=O)NC(CO)C(O)CCCCCCCCCCCCCC. The van der Waals surface area contributed by atoms with Crippen molar-refractivity contribution in [1.82, 2.24) is 5.32 Å².